The Morgan fingerprint density at radius 2 is 1.50 bits per heavy atom. The molecule has 3 N–H and O–H groups in total. The van der Waals surface area contributed by atoms with Crippen LogP contribution in [0, 0.1) is 56.7 Å². The van der Waals surface area contributed by atoms with Crippen LogP contribution in [-0.2, 0) is 0 Å². The zero-order valence-electron chi connectivity index (χ0n) is 31.0. The van der Waals surface area contributed by atoms with Crippen LogP contribution in [0.4, 0.5) is 10.5 Å². The second kappa shape index (κ2) is 11.2. The molecule has 276 valence electrons. The number of ketones is 1. The summed E-state index contributed by atoms with van der Waals surface area (Å²) in [6.07, 6.45) is 21.2. The highest BCUT2D eigenvalue weighted by molar-refractivity contribution is 6.08. The van der Waals surface area contributed by atoms with Gasteiger partial charge in [-0.25, -0.2) is 4.79 Å². The van der Waals surface area contributed by atoms with E-state index in [0.29, 0.717) is 31.7 Å². The van der Waals surface area contributed by atoms with Gasteiger partial charge in [0.25, 0.3) is 0 Å². The summed E-state index contributed by atoms with van der Waals surface area (Å²) < 4.78 is 5.77. The van der Waals surface area contributed by atoms with E-state index >= 15 is 0 Å². The van der Waals surface area contributed by atoms with Crippen molar-refractivity contribution in [3.8, 4) is 0 Å². The number of carbonyl (C=O) groups is 2. The topological polar surface area (TPSA) is 103 Å². The van der Waals surface area contributed by atoms with Crippen molar-refractivity contribution in [2.24, 2.45) is 56.7 Å². The number of aliphatic hydroxyl groups is 2. The molecule has 7 heteroatoms. The van der Waals surface area contributed by atoms with Crippen LogP contribution >= 0.6 is 0 Å². The van der Waals surface area contributed by atoms with Crippen LogP contribution in [0.1, 0.15) is 108 Å². The van der Waals surface area contributed by atoms with Gasteiger partial charge in [-0.05, 0) is 148 Å². The highest BCUT2D eigenvalue weighted by atomic mass is 16.3. The third kappa shape index (κ3) is 4.50. The van der Waals surface area contributed by atoms with Crippen LogP contribution in [0.15, 0.2) is 76.9 Å². The molecule has 1 aromatic carbocycles. The number of furan rings is 1. The molecule has 0 saturated heterocycles. The Labute approximate surface area is 308 Å². The molecule has 7 nitrogen and oxygen atoms in total. The first-order valence-electron chi connectivity index (χ1n) is 20.4. The van der Waals surface area contributed by atoms with E-state index < -0.39 is 22.5 Å². The summed E-state index contributed by atoms with van der Waals surface area (Å²) in [6, 6.07) is 13.2. The first kappa shape index (κ1) is 33.4. The van der Waals surface area contributed by atoms with Crippen LogP contribution < -0.4 is 5.32 Å². The number of para-hydroxylation sites is 1. The van der Waals surface area contributed by atoms with Gasteiger partial charge in [-0.3, -0.25) is 4.79 Å². The Balaban J connectivity index is 1.03. The average molecular weight is 705 g/mol. The number of hydrogen-bond acceptors (Lipinski definition) is 5. The van der Waals surface area contributed by atoms with E-state index in [2.05, 4.69) is 37.4 Å². The number of nitrogens with zero attached hydrogens (tertiary/aromatic N) is 1. The van der Waals surface area contributed by atoms with Crippen molar-refractivity contribution >= 4 is 17.5 Å². The zero-order valence-corrected chi connectivity index (χ0v) is 31.0. The molecule has 6 bridgehead atoms. The summed E-state index contributed by atoms with van der Waals surface area (Å²) >= 11 is 0. The van der Waals surface area contributed by atoms with Gasteiger partial charge in [-0.2, -0.15) is 0 Å². The largest absolute Gasteiger partial charge is 0.461 e. The van der Waals surface area contributed by atoms with Gasteiger partial charge in [0.15, 0.2) is 5.76 Å². The van der Waals surface area contributed by atoms with Crippen molar-refractivity contribution in [2.45, 2.75) is 109 Å². The molecule has 0 aliphatic heterocycles. The molecular formula is C45H56N2O5. The van der Waals surface area contributed by atoms with E-state index in [1.54, 1.807) is 18.4 Å². The number of fused-ring (bicyclic) bond motifs is 1. The van der Waals surface area contributed by atoms with Crippen molar-refractivity contribution in [1.29, 1.82) is 0 Å². The molecule has 10 aliphatic carbocycles. The lowest BCUT2D eigenvalue weighted by atomic mass is 9.32. The summed E-state index contributed by atoms with van der Waals surface area (Å²) in [7, 11) is 0. The van der Waals surface area contributed by atoms with Crippen LogP contribution in [-0.4, -0.2) is 51.7 Å². The summed E-state index contributed by atoms with van der Waals surface area (Å²) in [6.45, 7) is 5.68. The Morgan fingerprint density at radius 3 is 2.19 bits per heavy atom. The third-order valence-corrected chi connectivity index (χ3v) is 17.2. The van der Waals surface area contributed by atoms with Gasteiger partial charge in [0.2, 0.25) is 5.78 Å². The lowest BCUT2D eigenvalue weighted by molar-refractivity contribution is -0.176. The second-order valence-electron chi connectivity index (χ2n) is 19.7. The maximum Gasteiger partial charge on any atom is 0.321 e. The van der Waals surface area contributed by atoms with Crippen LogP contribution in [0.2, 0.25) is 0 Å². The molecule has 7 saturated carbocycles. The maximum absolute atomic E-state index is 14.6. The number of anilines is 1. The smallest absolute Gasteiger partial charge is 0.321 e. The Morgan fingerprint density at radius 1 is 0.827 bits per heavy atom. The van der Waals surface area contributed by atoms with E-state index in [1.165, 1.54) is 38.5 Å². The molecule has 1 aromatic heterocycles. The molecule has 2 aromatic rings. The van der Waals surface area contributed by atoms with Crippen molar-refractivity contribution in [3.63, 3.8) is 0 Å². The average Bonchev–Trinajstić information content (AvgIpc) is 3.74. The molecule has 2 amide bonds. The highest BCUT2D eigenvalue weighted by Gasteiger charge is 2.75. The third-order valence-electron chi connectivity index (χ3n) is 17.2. The van der Waals surface area contributed by atoms with E-state index in [-0.39, 0.29) is 39.9 Å². The predicted octanol–water partition coefficient (Wildman–Crippen LogP) is 8.80. The van der Waals surface area contributed by atoms with Gasteiger partial charge in [0.05, 0.1) is 24.5 Å². The van der Waals surface area contributed by atoms with Gasteiger partial charge < -0.3 is 24.8 Å². The minimum absolute atomic E-state index is 0.0192. The van der Waals surface area contributed by atoms with Crippen molar-refractivity contribution in [3.05, 3.63) is 78.3 Å². The predicted molar refractivity (Wildman–Crippen MR) is 199 cm³/mol. The van der Waals surface area contributed by atoms with E-state index in [4.69, 9.17) is 4.42 Å². The fourth-order valence-electron chi connectivity index (χ4n) is 15.3. The SMILES string of the molecule is CC12CCC(O)CC13C=CC1(C(C(=O)c4ccco4)=C3)C2CCC2(C)C1CCC2(O)CN(CC12CC3CC(CC(C3)C1)C2)C(=O)Nc1ccccc1. The zero-order chi connectivity index (χ0) is 35.7. The minimum Gasteiger partial charge on any atom is -0.461 e. The number of hydrogen-bond donors (Lipinski definition) is 3. The molecule has 8 unspecified atom stereocenters. The second-order valence-corrected chi connectivity index (χ2v) is 19.7. The molecule has 10 aliphatic rings. The van der Waals surface area contributed by atoms with E-state index in [9.17, 15) is 19.8 Å². The molecule has 1 heterocycles. The van der Waals surface area contributed by atoms with Crippen LogP contribution in [0.3, 0.4) is 0 Å². The summed E-state index contributed by atoms with van der Waals surface area (Å²) in [5.41, 5.74) is -0.983. The van der Waals surface area contributed by atoms with Gasteiger partial charge in [0.1, 0.15) is 0 Å². The molecule has 2 spiro atoms. The summed E-state index contributed by atoms with van der Waals surface area (Å²) in [4.78, 5) is 31.1. The van der Waals surface area contributed by atoms with E-state index in [1.807, 2.05) is 35.2 Å². The number of nitrogens with one attached hydrogen (secondary N) is 1. The van der Waals surface area contributed by atoms with Gasteiger partial charge in [-0.15, -0.1) is 0 Å². The molecule has 8 atom stereocenters. The van der Waals surface area contributed by atoms with Gasteiger partial charge >= 0.3 is 6.03 Å². The van der Waals surface area contributed by atoms with Gasteiger partial charge in [0, 0.05) is 34.1 Å². The lowest BCUT2D eigenvalue weighted by Crippen LogP contribution is -2.67. The van der Waals surface area contributed by atoms with Crippen LogP contribution in [0.25, 0.3) is 0 Å². The quantitative estimate of drug-likeness (QED) is 0.198. The molecule has 7 fully saturated rings. The number of amides is 2. The normalized spacial score (nSPS) is 46.3. The molecule has 0 radical (unpaired) electrons. The standard InChI is InChI=1S/C45H56N2O5/c1-40-13-10-33(48)25-43(40)16-17-45(34(26-43)38(49)35-9-6-18-52-35)36(40)11-14-41(2)37(45)12-15-44(41,51)28-47(39(50)46-32-7-4-3-5-8-32)27-42-22-29-19-30(23-42)21-31(20-29)24-42/h3-9,16-18,26,29-31,33,36-37,48,51H,10-15,19-25,27-28H2,1-2H3,(H,46,50). The fraction of sp³-hybridized carbons (Fsp3) is 0.644. The Kier molecular flexibility index (Phi) is 7.19. The van der Waals surface area contributed by atoms with Gasteiger partial charge in [-0.1, -0.05) is 50.3 Å². The first-order chi connectivity index (χ1) is 24.9. The number of benzene rings is 1. The maximum atomic E-state index is 14.6. The fourth-order valence-corrected chi connectivity index (χ4v) is 15.3. The lowest BCUT2D eigenvalue weighted by Gasteiger charge is -2.71. The molecule has 52 heavy (non-hydrogen) atoms. The van der Waals surface area contributed by atoms with Crippen molar-refractivity contribution < 1.29 is 24.2 Å². The van der Waals surface area contributed by atoms with Crippen LogP contribution in [0.5, 0.6) is 0 Å². The molecular weight excluding hydrogens is 649 g/mol. The molecule has 12 rings (SSSR count). The number of Topliss-reactive ketones (excluding diaryl/α,β-unsaturated/α-hetero) is 1. The highest BCUT2D eigenvalue weighted by Crippen LogP contribution is 2.78. The first-order valence-corrected chi connectivity index (χ1v) is 20.4. The van der Waals surface area contributed by atoms with E-state index in [0.717, 1.165) is 61.1 Å². The minimum atomic E-state index is -1.12. The Hall–Kier alpha value is -3.16. The monoisotopic (exact) mass is 704 g/mol. The number of aliphatic hydroxyl groups excluding tert-OH is 1. The number of urea groups is 1. The number of carbonyl (C=O) groups excluding carboxylic acids is 2. The number of allylic oxidation sites excluding steroid dienone is 4. The number of rotatable bonds is 7. The van der Waals surface area contributed by atoms with Crippen molar-refractivity contribution in [2.75, 3.05) is 18.4 Å². The Bertz CT molecular complexity index is 1800. The summed E-state index contributed by atoms with van der Waals surface area (Å²) in [5.74, 6) is 2.83. The van der Waals surface area contributed by atoms with Crippen molar-refractivity contribution in [1.82, 2.24) is 4.90 Å². The summed E-state index contributed by atoms with van der Waals surface area (Å²) in [5, 5.41) is 27.5.